The third-order valence-electron chi connectivity index (χ3n) is 2.30. The molecule has 100 valence electrons. The molecule has 0 aliphatic heterocycles. The van der Waals surface area contributed by atoms with Crippen LogP contribution in [0.3, 0.4) is 0 Å². The van der Waals surface area contributed by atoms with Gasteiger partial charge in [-0.25, -0.2) is 0 Å². The zero-order valence-electron chi connectivity index (χ0n) is 10.8. The van der Waals surface area contributed by atoms with Gasteiger partial charge in [-0.1, -0.05) is 0 Å². The number of hydrogen-bond acceptors (Lipinski definition) is 5. The zero-order chi connectivity index (χ0) is 13.5. The summed E-state index contributed by atoms with van der Waals surface area (Å²) < 4.78 is 15.4. The van der Waals surface area contributed by atoms with Gasteiger partial charge in [0, 0.05) is 15.9 Å². The third kappa shape index (κ3) is 4.26. The molecule has 0 aliphatic carbocycles. The normalized spacial score (nSPS) is 10.9. The van der Waals surface area contributed by atoms with Crippen molar-refractivity contribution in [1.29, 1.82) is 0 Å². The number of ether oxygens (including phenoxy) is 2. The Balaban J connectivity index is 2.78. The average Bonchev–Trinajstić information content (AvgIpc) is 2.33. The molecule has 1 unspecified atom stereocenters. The summed E-state index contributed by atoms with van der Waals surface area (Å²) in [5.74, 6) is 0.946. The van der Waals surface area contributed by atoms with E-state index >= 15 is 0 Å². The van der Waals surface area contributed by atoms with Crippen molar-refractivity contribution in [2.24, 2.45) is 5.73 Å². The summed E-state index contributed by atoms with van der Waals surface area (Å²) in [6, 6.07) is 3.58. The summed E-state index contributed by atoms with van der Waals surface area (Å²) in [5.41, 5.74) is 7.04. The number of benzene rings is 1. The summed E-state index contributed by atoms with van der Waals surface area (Å²) in [4.78, 5) is 11.5. The maximum absolute atomic E-state index is 11.5. The van der Waals surface area contributed by atoms with Gasteiger partial charge in [0.1, 0.15) is 18.2 Å². The maximum atomic E-state index is 11.5. The highest BCUT2D eigenvalue weighted by Crippen LogP contribution is 2.28. The number of hydrogen-bond donors (Lipinski definition) is 1. The van der Waals surface area contributed by atoms with E-state index in [1.807, 2.05) is 19.9 Å². The fourth-order valence-corrected chi connectivity index (χ4v) is 1.74. The van der Waals surface area contributed by atoms with Crippen molar-refractivity contribution in [3.05, 3.63) is 23.3 Å². The van der Waals surface area contributed by atoms with Crippen molar-refractivity contribution in [3.63, 3.8) is 0 Å². The molecule has 1 aromatic carbocycles. The van der Waals surface area contributed by atoms with Crippen molar-refractivity contribution >= 4 is 14.8 Å². The van der Waals surface area contributed by atoms with Gasteiger partial charge in [-0.3, -0.25) is 10.5 Å². The molecule has 0 bridgehead atoms. The minimum Gasteiger partial charge on any atom is -0.478 e. The van der Waals surface area contributed by atoms with E-state index in [1.54, 1.807) is 13.2 Å². The summed E-state index contributed by atoms with van der Waals surface area (Å²) in [5, 5.41) is 0. The van der Waals surface area contributed by atoms with Crippen LogP contribution >= 0.6 is 8.81 Å². The van der Waals surface area contributed by atoms with Gasteiger partial charge < -0.3 is 14.0 Å². The standard InChI is InChI=1S/C12H18NO4P/c1-8-5-11(17-12(14)6-18-15-3)9(2)4-10(8)16-7-13/h4-5,18H,6-7,13H2,1-3H3. The van der Waals surface area contributed by atoms with Crippen molar-refractivity contribution in [1.82, 2.24) is 0 Å². The van der Waals surface area contributed by atoms with Gasteiger partial charge in [-0.2, -0.15) is 0 Å². The average molecular weight is 271 g/mol. The molecule has 1 rings (SSSR count). The summed E-state index contributed by atoms with van der Waals surface area (Å²) >= 11 is 0. The molecule has 2 N–H and O–H groups in total. The summed E-state index contributed by atoms with van der Waals surface area (Å²) in [7, 11) is 1.68. The Bertz CT molecular complexity index is 423. The van der Waals surface area contributed by atoms with Gasteiger partial charge in [-0.15, -0.1) is 0 Å². The molecule has 18 heavy (non-hydrogen) atoms. The fraction of sp³-hybridized carbons (Fsp3) is 0.417. The predicted octanol–water partition coefficient (Wildman–Crippen LogP) is 1.74. The van der Waals surface area contributed by atoms with Gasteiger partial charge in [0.15, 0.2) is 0 Å². The number of nitrogens with two attached hydrogens (primary N) is 1. The highest BCUT2D eigenvalue weighted by molar-refractivity contribution is 7.33. The minimum atomic E-state index is -0.301. The highest BCUT2D eigenvalue weighted by Gasteiger charge is 2.10. The largest absolute Gasteiger partial charge is 0.478 e. The van der Waals surface area contributed by atoms with Crippen molar-refractivity contribution in [2.45, 2.75) is 13.8 Å². The lowest BCUT2D eigenvalue weighted by Crippen LogP contribution is -2.12. The number of carbonyl (C=O) groups excluding carboxylic acids is 1. The van der Waals surface area contributed by atoms with Crippen LogP contribution in [0.2, 0.25) is 0 Å². The van der Waals surface area contributed by atoms with E-state index in [2.05, 4.69) is 0 Å². The Morgan fingerprint density at radius 2 is 1.89 bits per heavy atom. The van der Waals surface area contributed by atoms with Crippen LogP contribution in [0.5, 0.6) is 11.5 Å². The van der Waals surface area contributed by atoms with E-state index < -0.39 is 0 Å². The molecule has 0 saturated carbocycles. The van der Waals surface area contributed by atoms with E-state index in [0.717, 1.165) is 11.1 Å². The maximum Gasteiger partial charge on any atom is 0.317 e. The van der Waals surface area contributed by atoms with Crippen LogP contribution in [-0.4, -0.2) is 26.0 Å². The first kappa shape index (κ1) is 14.9. The van der Waals surface area contributed by atoms with Crippen LogP contribution in [0.1, 0.15) is 11.1 Å². The first-order valence-electron chi connectivity index (χ1n) is 5.49. The van der Waals surface area contributed by atoms with E-state index in [-0.39, 0.29) is 27.7 Å². The van der Waals surface area contributed by atoms with Crippen LogP contribution in [0, 0.1) is 13.8 Å². The minimum absolute atomic E-state index is 0.119. The SMILES string of the molecule is COPCC(=O)Oc1cc(C)c(OCN)cc1C. The predicted molar refractivity (Wildman–Crippen MR) is 71.4 cm³/mol. The van der Waals surface area contributed by atoms with Crippen molar-refractivity contribution in [3.8, 4) is 11.5 Å². The molecule has 1 aromatic rings. The lowest BCUT2D eigenvalue weighted by atomic mass is 10.1. The van der Waals surface area contributed by atoms with E-state index in [4.69, 9.17) is 19.7 Å². The fourth-order valence-electron chi connectivity index (χ4n) is 1.41. The smallest absolute Gasteiger partial charge is 0.317 e. The first-order valence-corrected chi connectivity index (χ1v) is 6.60. The molecule has 0 fully saturated rings. The van der Waals surface area contributed by atoms with E-state index in [1.165, 1.54) is 0 Å². The number of aryl methyl sites for hydroxylation is 2. The van der Waals surface area contributed by atoms with Crippen LogP contribution in [0.4, 0.5) is 0 Å². The Labute approximate surface area is 108 Å². The Morgan fingerprint density at radius 3 is 2.50 bits per heavy atom. The lowest BCUT2D eigenvalue weighted by Gasteiger charge is -2.12. The molecular formula is C12H18NO4P. The summed E-state index contributed by atoms with van der Waals surface area (Å²) in [6.45, 7) is 3.84. The first-order chi connectivity index (χ1) is 8.58. The van der Waals surface area contributed by atoms with E-state index in [0.29, 0.717) is 11.5 Å². The summed E-state index contributed by atoms with van der Waals surface area (Å²) in [6.07, 6.45) is 0.260. The molecule has 0 radical (unpaired) electrons. The molecule has 0 heterocycles. The third-order valence-corrected chi connectivity index (χ3v) is 3.02. The molecule has 6 heteroatoms. The Hall–Kier alpha value is -1.16. The molecular weight excluding hydrogens is 253 g/mol. The second-order valence-electron chi connectivity index (χ2n) is 3.69. The Kier molecular flexibility index (Phi) is 6.05. The molecule has 1 atom stereocenters. The number of carbonyl (C=O) groups is 1. The van der Waals surface area contributed by atoms with E-state index in [9.17, 15) is 4.79 Å². The topological polar surface area (TPSA) is 70.8 Å². The van der Waals surface area contributed by atoms with Gasteiger partial charge in [-0.05, 0) is 37.1 Å². The van der Waals surface area contributed by atoms with Crippen LogP contribution in [0.15, 0.2) is 12.1 Å². The molecule has 0 saturated heterocycles. The van der Waals surface area contributed by atoms with Crippen molar-refractivity contribution in [2.75, 3.05) is 20.0 Å². The molecule has 5 nitrogen and oxygen atoms in total. The molecule has 0 amide bonds. The highest BCUT2D eigenvalue weighted by atomic mass is 31.1. The molecule has 0 aromatic heterocycles. The van der Waals surface area contributed by atoms with Gasteiger partial charge >= 0.3 is 5.97 Å². The zero-order valence-corrected chi connectivity index (χ0v) is 11.8. The van der Waals surface area contributed by atoms with Gasteiger partial charge in [0.05, 0.1) is 6.16 Å². The Morgan fingerprint density at radius 1 is 1.28 bits per heavy atom. The van der Waals surface area contributed by atoms with Gasteiger partial charge in [0.25, 0.3) is 0 Å². The van der Waals surface area contributed by atoms with Gasteiger partial charge in [0.2, 0.25) is 0 Å². The second-order valence-corrected chi connectivity index (χ2v) is 4.74. The van der Waals surface area contributed by atoms with Crippen LogP contribution in [-0.2, 0) is 9.32 Å². The monoisotopic (exact) mass is 271 g/mol. The van der Waals surface area contributed by atoms with Crippen LogP contribution < -0.4 is 15.2 Å². The lowest BCUT2D eigenvalue weighted by molar-refractivity contribution is -0.131. The number of rotatable bonds is 6. The van der Waals surface area contributed by atoms with Crippen LogP contribution in [0.25, 0.3) is 0 Å². The number of esters is 1. The quantitative estimate of drug-likeness (QED) is 0.369. The molecule has 0 spiro atoms. The second kappa shape index (κ2) is 7.31. The molecule has 0 aliphatic rings. The van der Waals surface area contributed by atoms with Crippen molar-refractivity contribution < 1.29 is 18.8 Å².